The lowest BCUT2D eigenvalue weighted by Gasteiger charge is -2.19. The van der Waals surface area contributed by atoms with Crippen LogP contribution < -0.4 is 0 Å². The van der Waals surface area contributed by atoms with Gasteiger partial charge in [-0.25, -0.2) is 4.98 Å². The first kappa shape index (κ1) is 10.5. The van der Waals surface area contributed by atoms with E-state index >= 15 is 0 Å². The van der Waals surface area contributed by atoms with Crippen LogP contribution in [0.4, 0.5) is 17.6 Å². The molecule has 7 heteroatoms. The van der Waals surface area contributed by atoms with Gasteiger partial charge in [0.1, 0.15) is 5.69 Å². The number of nitrogens with one attached hydrogen (secondary N) is 1. The van der Waals surface area contributed by atoms with E-state index in [0.29, 0.717) is 0 Å². The van der Waals surface area contributed by atoms with Crippen molar-refractivity contribution in [2.24, 2.45) is 0 Å². The number of hydrogen-bond acceptors (Lipinski definition) is 1. The van der Waals surface area contributed by atoms with Crippen molar-refractivity contribution in [3.63, 3.8) is 0 Å². The number of alkyl halides is 5. The average molecular weight is 261 g/mol. The molecule has 0 bridgehead atoms. The van der Waals surface area contributed by atoms with Gasteiger partial charge in [-0.15, -0.1) is 0 Å². The molecular weight excluding hydrogens is 256 g/mol. The van der Waals surface area contributed by atoms with Crippen molar-refractivity contribution in [1.29, 1.82) is 0 Å². The summed E-state index contributed by atoms with van der Waals surface area (Å²) in [6, 6.07) is 0. The highest BCUT2D eigenvalue weighted by molar-refractivity contribution is 9.10. The minimum absolute atomic E-state index is 0.0795. The van der Waals surface area contributed by atoms with Gasteiger partial charge in [-0.05, 0) is 22.9 Å². The lowest BCUT2D eigenvalue weighted by atomic mass is 10.2. The second-order valence-electron chi connectivity index (χ2n) is 2.45. The third-order valence-corrected chi connectivity index (χ3v) is 1.98. The number of imidazole rings is 1. The Morgan fingerprint density at radius 1 is 1.38 bits per heavy atom. The molecule has 1 rings (SSSR count). The van der Waals surface area contributed by atoms with Crippen molar-refractivity contribution >= 4 is 15.9 Å². The first-order chi connectivity index (χ1) is 5.77. The van der Waals surface area contributed by atoms with Gasteiger partial charge in [0.05, 0.1) is 6.33 Å². The number of H-pyrrole nitrogens is 1. The fourth-order valence-electron chi connectivity index (χ4n) is 0.810. The number of rotatable bonds is 2. The van der Waals surface area contributed by atoms with Gasteiger partial charge in [0.25, 0.3) is 0 Å². The summed E-state index contributed by atoms with van der Waals surface area (Å²) in [5.41, 5.74) is -1.03. The molecular formula is C6H5BrF4N2. The van der Waals surface area contributed by atoms with Crippen molar-refractivity contribution in [2.45, 2.75) is 17.7 Å². The van der Waals surface area contributed by atoms with Crippen molar-refractivity contribution < 1.29 is 17.6 Å². The Hall–Kier alpha value is -0.590. The summed E-state index contributed by atoms with van der Waals surface area (Å²) in [5, 5.41) is 0. The van der Waals surface area contributed by atoms with Crippen LogP contribution in [0.2, 0.25) is 0 Å². The Labute approximate surface area is 79.5 Å². The molecule has 1 aromatic rings. The first-order valence-corrected chi connectivity index (χ1v) is 4.01. The lowest BCUT2D eigenvalue weighted by Crippen LogP contribution is -2.33. The van der Waals surface area contributed by atoms with E-state index < -0.39 is 16.4 Å². The predicted molar refractivity (Wildman–Crippen MR) is 41.1 cm³/mol. The van der Waals surface area contributed by atoms with E-state index in [1.807, 2.05) is 0 Å². The molecule has 1 aromatic heterocycles. The van der Waals surface area contributed by atoms with Gasteiger partial charge in [-0.3, -0.25) is 0 Å². The van der Waals surface area contributed by atoms with E-state index in [0.717, 1.165) is 6.33 Å². The van der Waals surface area contributed by atoms with Crippen molar-refractivity contribution in [2.75, 3.05) is 0 Å². The van der Waals surface area contributed by atoms with Crippen molar-refractivity contribution in [3.05, 3.63) is 17.7 Å². The van der Waals surface area contributed by atoms with E-state index in [1.54, 1.807) is 15.9 Å². The molecule has 74 valence electrons. The molecule has 0 fully saturated rings. The maximum atomic E-state index is 12.9. The van der Waals surface area contributed by atoms with E-state index in [1.165, 1.54) is 6.92 Å². The van der Waals surface area contributed by atoms with Gasteiger partial charge in [0, 0.05) is 5.69 Å². The fourth-order valence-corrected chi connectivity index (χ4v) is 0.997. The van der Waals surface area contributed by atoms with Crippen LogP contribution in [-0.2, 0) is 5.92 Å². The second kappa shape index (κ2) is 2.97. The summed E-state index contributed by atoms with van der Waals surface area (Å²) in [4.78, 5) is 1.15. The molecule has 1 heterocycles. The zero-order valence-electron chi connectivity index (χ0n) is 6.41. The van der Waals surface area contributed by atoms with Gasteiger partial charge in [0.2, 0.25) is 0 Å². The minimum Gasteiger partial charge on any atom is -0.348 e. The Morgan fingerprint density at radius 3 is 2.23 bits per heavy atom. The molecule has 0 saturated carbocycles. The Balaban J connectivity index is 3.15. The molecule has 0 aliphatic rings. The van der Waals surface area contributed by atoms with Gasteiger partial charge in [-0.2, -0.15) is 17.6 Å². The molecule has 0 aromatic carbocycles. The summed E-state index contributed by atoms with van der Waals surface area (Å²) in [7, 11) is 0. The summed E-state index contributed by atoms with van der Waals surface area (Å²) in [6.45, 7) is 1.25. The molecule has 0 aliphatic heterocycles. The number of aryl methyl sites for hydroxylation is 1. The zero-order valence-corrected chi connectivity index (χ0v) is 8.00. The topological polar surface area (TPSA) is 28.7 Å². The summed E-state index contributed by atoms with van der Waals surface area (Å²) in [6.07, 6.45) is 0.942. The van der Waals surface area contributed by atoms with Crippen LogP contribution in [0.15, 0.2) is 6.33 Å². The standard InChI is InChI=1S/C6H5BrF4N2/c1-3-4(13-2-12-3)5(8,9)6(7,10)11/h2H,1H3,(H,12,13). The fraction of sp³-hybridized carbons (Fsp3) is 0.500. The number of aromatic amines is 1. The normalized spacial score (nSPS) is 13.4. The quantitative estimate of drug-likeness (QED) is 0.643. The first-order valence-electron chi connectivity index (χ1n) is 3.22. The smallest absolute Gasteiger partial charge is 0.348 e. The number of hydrogen-bond donors (Lipinski definition) is 1. The number of nitrogens with zero attached hydrogens (tertiary/aromatic N) is 1. The molecule has 0 unspecified atom stereocenters. The van der Waals surface area contributed by atoms with Crippen LogP contribution in [0.5, 0.6) is 0 Å². The Kier molecular flexibility index (Phi) is 2.40. The lowest BCUT2D eigenvalue weighted by molar-refractivity contribution is -0.156. The van der Waals surface area contributed by atoms with Gasteiger partial charge in [0.15, 0.2) is 0 Å². The van der Waals surface area contributed by atoms with Crippen molar-refractivity contribution in [1.82, 2.24) is 9.97 Å². The molecule has 0 saturated heterocycles. The summed E-state index contributed by atoms with van der Waals surface area (Å²) < 4.78 is 50.5. The Bertz CT molecular complexity index is 304. The minimum atomic E-state index is -4.31. The van der Waals surface area contributed by atoms with E-state index in [2.05, 4.69) is 9.97 Å². The highest BCUT2D eigenvalue weighted by Crippen LogP contribution is 2.46. The monoisotopic (exact) mass is 260 g/mol. The van der Waals surface area contributed by atoms with Crippen LogP contribution >= 0.6 is 15.9 Å². The maximum Gasteiger partial charge on any atom is 0.369 e. The van der Waals surface area contributed by atoms with Crippen LogP contribution in [-0.4, -0.2) is 14.8 Å². The van der Waals surface area contributed by atoms with Crippen LogP contribution in [0.1, 0.15) is 11.4 Å². The van der Waals surface area contributed by atoms with Crippen LogP contribution in [0.25, 0.3) is 0 Å². The molecule has 0 amide bonds. The van der Waals surface area contributed by atoms with Crippen LogP contribution in [0, 0.1) is 6.92 Å². The zero-order chi connectivity index (χ0) is 10.3. The number of halogens is 5. The number of aromatic nitrogens is 2. The molecule has 0 spiro atoms. The third kappa shape index (κ3) is 1.70. The van der Waals surface area contributed by atoms with Gasteiger partial charge < -0.3 is 4.98 Å². The molecule has 13 heavy (non-hydrogen) atoms. The van der Waals surface area contributed by atoms with Gasteiger partial charge >= 0.3 is 10.8 Å². The van der Waals surface area contributed by atoms with Crippen molar-refractivity contribution in [3.8, 4) is 0 Å². The van der Waals surface area contributed by atoms with E-state index in [9.17, 15) is 17.6 Å². The summed E-state index contributed by atoms with van der Waals surface area (Å²) >= 11 is 1.62. The SMILES string of the molecule is Cc1[nH]cnc1C(F)(F)C(F)(F)Br. The van der Waals surface area contributed by atoms with E-state index in [-0.39, 0.29) is 5.69 Å². The molecule has 2 nitrogen and oxygen atoms in total. The van der Waals surface area contributed by atoms with Crippen LogP contribution in [0.3, 0.4) is 0 Å². The second-order valence-corrected chi connectivity index (χ2v) is 3.44. The van der Waals surface area contributed by atoms with E-state index in [4.69, 9.17) is 0 Å². The molecule has 0 radical (unpaired) electrons. The predicted octanol–water partition coefficient (Wildman–Crippen LogP) is 2.80. The maximum absolute atomic E-state index is 12.9. The summed E-state index contributed by atoms with van der Waals surface area (Å²) in [5.74, 6) is -4.31. The third-order valence-electron chi connectivity index (χ3n) is 1.48. The largest absolute Gasteiger partial charge is 0.369 e. The highest BCUT2D eigenvalue weighted by Gasteiger charge is 2.57. The average Bonchev–Trinajstić information content (AvgIpc) is 2.32. The Morgan fingerprint density at radius 2 is 1.92 bits per heavy atom. The molecule has 1 N–H and O–H groups in total. The van der Waals surface area contributed by atoms with Gasteiger partial charge in [-0.1, -0.05) is 0 Å². The molecule has 0 atom stereocenters. The molecule has 0 aliphatic carbocycles. The highest BCUT2D eigenvalue weighted by atomic mass is 79.9.